The van der Waals surface area contributed by atoms with Crippen LogP contribution in [0.2, 0.25) is 0 Å². The molecule has 3 N–H and O–H groups in total. The third kappa shape index (κ3) is 4.43. The van der Waals surface area contributed by atoms with Gasteiger partial charge in [-0.05, 0) is 25.0 Å². The number of primary amides is 1. The molecule has 0 unspecified atom stereocenters. The quantitative estimate of drug-likeness (QED) is 0.690. The average Bonchev–Trinajstić information content (AvgIpc) is 2.99. The lowest BCUT2D eigenvalue weighted by Gasteiger charge is -2.25. The van der Waals surface area contributed by atoms with E-state index in [-0.39, 0.29) is 12.1 Å². The van der Waals surface area contributed by atoms with Gasteiger partial charge in [0.25, 0.3) is 11.8 Å². The van der Waals surface area contributed by atoms with Crippen LogP contribution in [0.1, 0.15) is 34.5 Å². The Kier molecular flexibility index (Phi) is 5.72. The second kappa shape index (κ2) is 8.46. The number of hydrogen-bond acceptors (Lipinski definition) is 6. The molecule has 3 heterocycles. The minimum Gasteiger partial charge on any atom is -0.381 e. The van der Waals surface area contributed by atoms with Gasteiger partial charge in [0.15, 0.2) is 5.82 Å². The van der Waals surface area contributed by atoms with Crippen molar-refractivity contribution < 1.29 is 19.4 Å². The number of likely N-dealkylation sites (tertiary alicyclic amines) is 1. The molecule has 1 aromatic heterocycles. The number of nitrogens with zero attached hydrogens (tertiary/aromatic N) is 3. The van der Waals surface area contributed by atoms with Crippen LogP contribution in [0.15, 0.2) is 30.5 Å². The first-order valence-corrected chi connectivity index (χ1v) is 10.2. The third-order valence-electron chi connectivity index (χ3n) is 5.67. The Bertz CT molecular complexity index is 1090. The normalized spacial score (nSPS) is 20.8. The van der Waals surface area contributed by atoms with Crippen molar-refractivity contribution in [2.24, 2.45) is 11.7 Å². The van der Waals surface area contributed by atoms with Crippen LogP contribution in [0, 0.1) is 17.8 Å². The molecule has 2 saturated heterocycles. The van der Waals surface area contributed by atoms with E-state index in [1.54, 1.807) is 37.5 Å². The summed E-state index contributed by atoms with van der Waals surface area (Å²) in [5.41, 5.74) is 6.11. The van der Waals surface area contributed by atoms with Gasteiger partial charge in [0, 0.05) is 48.8 Å². The standard InChI is InChI=1S/C23H24N4O4/c1-27-10-9-23(30,22(27)29)8-7-15-3-2-4-17(11-15)21-25-12-18(19(26-21)20(24)28)6-5-16-13-31-14-16/h2-4,11-12,16,30H,5-6,9-10,13-14H2,1H3,(H2,24,28)/t23-/m0/s1. The summed E-state index contributed by atoms with van der Waals surface area (Å²) in [4.78, 5) is 34.3. The van der Waals surface area contributed by atoms with Crippen LogP contribution < -0.4 is 5.73 Å². The molecular formula is C23H24N4O4. The van der Waals surface area contributed by atoms with Crippen LogP contribution in [0.25, 0.3) is 11.4 Å². The third-order valence-corrected chi connectivity index (χ3v) is 5.67. The summed E-state index contributed by atoms with van der Waals surface area (Å²) in [6.45, 7) is 1.96. The lowest BCUT2D eigenvalue weighted by atomic mass is 9.98. The Morgan fingerprint density at radius 1 is 1.42 bits per heavy atom. The number of carbonyl (C=O) groups excluding carboxylic acids is 2. The topological polar surface area (TPSA) is 119 Å². The summed E-state index contributed by atoms with van der Waals surface area (Å²) in [7, 11) is 1.64. The average molecular weight is 420 g/mol. The molecule has 8 nitrogen and oxygen atoms in total. The van der Waals surface area contributed by atoms with Crippen molar-refractivity contribution in [1.82, 2.24) is 14.9 Å². The number of nitrogens with two attached hydrogens (primary N) is 1. The Hall–Kier alpha value is -3.28. The van der Waals surface area contributed by atoms with Gasteiger partial charge in [0.05, 0.1) is 13.2 Å². The number of rotatable bonds is 5. The van der Waals surface area contributed by atoms with Crippen molar-refractivity contribution in [1.29, 1.82) is 0 Å². The van der Waals surface area contributed by atoms with E-state index in [9.17, 15) is 14.7 Å². The molecule has 8 heteroatoms. The van der Waals surface area contributed by atoms with Crippen LogP contribution in [0.5, 0.6) is 0 Å². The summed E-state index contributed by atoms with van der Waals surface area (Å²) in [5.74, 6) is 5.45. The number of carbonyl (C=O) groups is 2. The molecule has 2 aliphatic rings. The maximum absolute atomic E-state index is 12.1. The first kappa shape index (κ1) is 21.0. The van der Waals surface area contributed by atoms with Crippen LogP contribution in [-0.4, -0.2) is 64.2 Å². The molecule has 2 amide bonds. The molecule has 1 aromatic carbocycles. The molecule has 2 fully saturated rings. The van der Waals surface area contributed by atoms with E-state index >= 15 is 0 Å². The molecule has 1 atom stereocenters. The molecule has 0 spiro atoms. The molecule has 0 aliphatic carbocycles. The summed E-state index contributed by atoms with van der Waals surface area (Å²) in [6.07, 6.45) is 3.48. The zero-order valence-electron chi connectivity index (χ0n) is 17.3. The zero-order chi connectivity index (χ0) is 22.0. The number of aliphatic hydroxyl groups is 1. The fraction of sp³-hybridized carbons (Fsp3) is 0.391. The van der Waals surface area contributed by atoms with Crippen molar-refractivity contribution in [2.45, 2.75) is 24.9 Å². The molecule has 0 saturated carbocycles. The fourth-order valence-corrected chi connectivity index (χ4v) is 3.63. The van der Waals surface area contributed by atoms with Gasteiger partial charge in [-0.2, -0.15) is 0 Å². The predicted octanol–water partition coefficient (Wildman–Crippen LogP) is 0.766. The molecule has 2 aliphatic heterocycles. The van der Waals surface area contributed by atoms with E-state index in [1.165, 1.54) is 4.90 Å². The summed E-state index contributed by atoms with van der Waals surface area (Å²) < 4.78 is 5.19. The highest BCUT2D eigenvalue weighted by Crippen LogP contribution is 2.23. The van der Waals surface area contributed by atoms with Gasteiger partial charge in [-0.3, -0.25) is 9.59 Å². The zero-order valence-corrected chi connectivity index (χ0v) is 17.3. The monoisotopic (exact) mass is 420 g/mol. The highest BCUT2D eigenvalue weighted by molar-refractivity contribution is 5.92. The van der Waals surface area contributed by atoms with Crippen LogP contribution >= 0.6 is 0 Å². The summed E-state index contributed by atoms with van der Waals surface area (Å²) in [6, 6.07) is 7.11. The lowest BCUT2D eigenvalue weighted by molar-refractivity contribution is -0.137. The van der Waals surface area contributed by atoms with Gasteiger partial charge in [-0.1, -0.05) is 24.0 Å². The molecule has 0 radical (unpaired) electrons. The molecule has 160 valence electrons. The van der Waals surface area contributed by atoms with E-state index in [2.05, 4.69) is 21.8 Å². The number of aromatic nitrogens is 2. The van der Waals surface area contributed by atoms with Crippen molar-refractivity contribution in [3.63, 3.8) is 0 Å². The van der Waals surface area contributed by atoms with Crippen LogP contribution in [0.3, 0.4) is 0 Å². The molecule has 4 rings (SSSR count). The highest BCUT2D eigenvalue weighted by Gasteiger charge is 2.42. The fourth-order valence-electron chi connectivity index (χ4n) is 3.63. The van der Waals surface area contributed by atoms with Crippen molar-refractivity contribution in [2.75, 3.05) is 26.8 Å². The Morgan fingerprint density at radius 3 is 2.87 bits per heavy atom. The number of amides is 2. The number of likely N-dealkylation sites (N-methyl/N-ethyl adjacent to an activating group) is 1. The number of aryl methyl sites for hydroxylation is 1. The van der Waals surface area contributed by atoms with E-state index in [4.69, 9.17) is 10.5 Å². The van der Waals surface area contributed by atoms with E-state index < -0.39 is 17.4 Å². The van der Waals surface area contributed by atoms with Gasteiger partial charge in [0.1, 0.15) is 5.69 Å². The SMILES string of the molecule is CN1CC[C@@](O)(C#Cc2cccc(-c3ncc(CCC4COC4)c(C(N)=O)n3)c2)C1=O. The first-order chi connectivity index (χ1) is 14.9. The largest absolute Gasteiger partial charge is 0.381 e. The number of ether oxygens (including phenoxy) is 1. The molecule has 31 heavy (non-hydrogen) atoms. The number of benzene rings is 1. The lowest BCUT2D eigenvalue weighted by Crippen LogP contribution is -2.37. The van der Waals surface area contributed by atoms with Crippen LogP contribution in [0.4, 0.5) is 0 Å². The second-order valence-electron chi connectivity index (χ2n) is 8.04. The van der Waals surface area contributed by atoms with Gasteiger partial charge in [-0.25, -0.2) is 9.97 Å². The molecule has 0 bridgehead atoms. The second-order valence-corrected chi connectivity index (χ2v) is 8.04. The Labute approximate surface area is 180 Å². The number of hydrogen-bond donors (Lipinski definition) is 2. The molecule has 2 aromatic rings. The van der Waals surface area contributed by atoms with E-state index in [0.29, 0.717) is 35.8 Å². The van der Waals surface area contributed by atoms with Gasteiger partial charge in [0.2, 0.25) is 5.60 Å². The van der Waals surface area contributed by atoms with E-state index in [1.807, 2.05) is 0 Å². The highest BCUT2D eigenvalue weighted by atomic mass is 16.5. The maximum Gasteiger partial charge on any atom is 0.267 e. The van der Waals surface area contributed by atoms with Crippen molar-refractivity contribution in [3.8, 4) is 23.2 Å². The first-order valence-electron chi connectivity index (χ1n) is 10.2. The van der Waals surface area contributed by atoms with Gasteiger partial charge in [-0.15, -0.1) is 0 Å². The Balaban J connectivity index is 1.57. The van der Waals surface area contributed by atoms with Gasteiger partial charge < -0.3 is 20.5 Å². The molecular weight excluding hydrogens is 396 g/mol. The smallest absolute Gasteiger partial charge is 0.267 e. The predicted molar refractivity (Wildman–Crippen MR) is 113 cm³/mol. The van der Waals surface area contributed by atoms with Crippen molar-refractivity contribution >= 4 is 11.8 Å². The van der Waals surface area contributed by atoms with Crippen molar-refractivity contribution in [3.05, 3.63) is 47.3 Å². The Morgan fingerprint density at radius 2 is 2.23 bits per heavy atom. The minimum atomic E-state index is -1.66. The van der Waals surface area contributed by atoms with Gasteiger partial charge >= 0.3 is 0 Å². The summed E-state index contributed by atoms with van der Waals surface area (Å²) in [5, 5.41) is 10.5. The van der Waals surface area contributed by atoms with E-state index in [0.717, 1.165) is 25.2 Å². The summed E-state index contributed by atoms with van der Waals surface area (Å²) >= 11 is 0. The maximum atomic E-state index is 12.1. The van der Waals surface area contributed by atoms with Crippen LogP contribution in [-0.2, 0) is 16.0 Å². The minimum absolute atomic E-state index is 0.218.